The molecule has 3 aromatic rings. The number of amides is 1. The van der Waals surface area contributed by atoms with Crippen LogP contribution in [0.25, 0.3) is 16.7 Å². The van der Waals surface area contributed by atoms with E-state index in [0.717, 1.165) is 28.0 Å². The van der Waals surface area contributed by atoms with Gasteiger partial charge in [-0.3, -0.25) is 4.79 Å². The summed E-state index contributed by atoms with van der Waals surface area (Å²) in [5.74, 6) is -0.251. The molecule has 1 heterocycles. The van der Waals surface area contributed by atoms with Crippen LogP contribution in [0.15, 0.2) is 36.4 Å². The number of hydrogen-bond donors (Lipinski definition) is 2. The number of carbonyl (C=O) groups is 1. The second-order valence-electron chi connectivity index (χ2n) is 6.58. The molecule has 7 heteroatoms. The van der Waals surface area contributed by atoms with Crippen molar-refractivity contribution in [3.8, 4) is 5.69 Å². The van der Waals surface area contributed by atoms with Gasteiger partial charge in [-0.2, -0.15) is 4.80 Å². The fourth-order valence-electron chi connectivity index (χ4n) is 2.41. The van der Waals surface area contributed by atoms with E-state index in [1.165, 1.54) is 5.56 Å². The average Bonchev–Trinajstić information content (AvgIpc) is 2.98. The molecule has 0 bridgehead atoms. The molecular formula is C19H21N5OS. The molecule has 0 fully saturated rings. The lowest BCUT2D eigenvalue weighted by Gasteiger charge is -2.12. The lowest BCUT2D eigenvalue weighted by atomic mass is 10.2. The van der Waals surface area contributed by atoms with E-state index in [9.17, 15) is 4.79 Å². The number of hydrogen-bond acceptors (Lipinski definition) is 4. The van der Waals surface area contributed by atoms with E-state index in [-0.39, 0.29) is 16.9 Å². The normalized spacial score (nSPS) is 11.0. The van der Waals surface area contributed by atoms with Crippen LogP contribution in [0.5, 0.6) is 0 Å². The van der Waals surface area contributed by atoms with Gasteiger partial charge in [-0.05, 0) is 55.9 Å². The second-order valence-corrected chi connectivity index (χ2v) is 6.99. The van der Waals surface area contributed by atoms with Crippen LogP contribution in [0.1, 0.15) is 25.0 Å². The smallest absolute Gasteiger partial charge is 0.228 e. The van der Waals surface area contributed by atoms with Crippen molar-refractivity contribution in [3.05, 3.63) is 47.5 Å². The van der Waals surface area contributed by atoms with Crippen LogP contribution in [-0.4, -0.2) is 26.0 Å². The van der Waals surface area contributed by atoms with Gasteiger partial charge in [0.2, 0.25) is 5.91 Å². The Bertz CT molecular complexity index is 976. The third-order valence-corrected chi connectivity index (χ3v) is 4.20. The molecule has 0 radical (unpaired) electrons. The summed E-state index contributed by atoms with van der Waals surface area (Å²) in [5.41, 5.74) is 5.39. The first-order chi connectivity index (χ1) is 12.3. The van der Waals surface area contributed by atoms with Gasteiger partial charge in [-0.15, -0.1) is 10.2 Å². The van der Waals surface area contributed by atoms with Crippen molar-refractivity contribution in [1.82, 2.24) is 20.3 Å². The number of nitrogens with one attached hydrogen (secondary N) is 2. The first-order valence-electron chi connectivity index (χ1n) is 8.40. The number of thiocarbonyl (C=S) groups is 1. The molecule has 1 amide bonds. The van der Waals surface area contributed by atoms with E-state index < -0.39 is 0 Å². The zero-order valence-corrected chi connectivity index (χ0v) is 16.0. The Labute approximate surface area is 157 Å². The van der Waals surface area contributed by atoms with Crippen LogP contribution in [0.2, 0.25) is 0 Å². The Kier molecular flexibility index (Phi) is 4.99. The lowest BCUT2D eigenvalue weighted by Crippen LogP contribution is -2.36. The molecule has 0 saturated carbocycles. The van der Waals surface area contributed by atoms with Gasteiger partial charge >= 0.3 is 0 Å². The Hall–Kier alpha value is -2.80. The molecular weight excluding hydrogens is 346 g/mol. The Morgan fingerprint density at radius 1 is 1.08 bits per heavy atom. The minimum atomic E-state index is -0.132. The van der Waals surface area contributed by atoms with Crippen molar-refractivity contribution < 1.29 is 4.79 Å². The van der Waals surface area contributed by atoms with Crippen molar-refractivity contribution in [3.63, 3.8) is 0 Å². The minimum Gasteiger partial charge on any atom is -0.332 e. The molecule has 134 valence electrons. The summed E-state index contributed by atoms with van der Waals surface area (Å²) in [6, 6.07) is 11.8. The van der Waals surface area contributed by atoms with Crippen molar-refractivity contribution in [2.24, 2.45) is 5.92 Å². The molecule has 0 aliphatic rings. The fraction of sp³-hybridized carbons (Fsp3) is 0.263. The van der Waals surface area contributed by atoms with Crippen molar-refractivity contribution in [2.45, 2.75) is 27.7 Å². The molecule has 6 nitrogen and oxygen atoms in total. The third kappa shape index (κ3) is 3.88. The lowest BCUT2D eigenvalue weighted by molar-refractivity contribution is -0.122. The van der Waals surface area contributed by atoms with Gasteiger partial charge in [-0.1, -0.05) is 31.5 Å². The number of benzene rings is 2. The summed E-state index contributed by atoms with van der Waals surface area (Å²) in [6.45, 7) is 7.63. The average molecular weight is 367 g/mol. The van der Waals surface area contributed by atoms with Gasteiger partial charge < -0.3 is 10.6 Å². The van der Waals surface area contributed by atoms with E-state index in [1.807, 2.05) is 64.1 Å². The monoisotopic (exact) mass is 367 g/mol. The predicted molar refractivity (Wildman–Crippen MR) is 108 cm³/mol. The number of aryl methyl sites for hydroxylation is 2. The van der Waals surface area contributed by atoms with Crippen LogP contribution < -0.4 is 10.6 Å². The first kappa shape index (κ1) is 18.0. The number of anilines is 1. The molecule has 1 aromatic heterocycles. The summed E-state index contributed by atoms with van der Waals surface area (Å²) < 4.78 is 0. The van der Waals surface area contributed by atoms with Crippen LogP contribution in [-0.2, 0) is 4.79 Å². The summed E-state index contributed by atoms with van der Waals surface area (Å²) in [6.07, 6.45) is 0. The maximum Gasteiger partial charge on any atom is 0.228 e. The second kappa shape index (κ2) is 7.21. The van der Waals surface area contributed by atoms with Gasteiger partial charge in [0.15, 0.2) is 5.11 Å². The van der Waals surface area contributed by atoms with Crippen LogP contribution in [0, 0.1) is 19.8 Å². The Balaban J connectivity index is 1.86. The highest BCUT2D eigenvalue weighted by atomic mass is 32.1. The predicted octanol–water partition coefficient (Wildman–Crippen LogP) is 3.51. The number of nitrogens with zero attached hydrogens (tertiary/aromatic N) is 3. The standard InChI is InChI=1S/C19H21N5OS/c1-11(2)18(25)21-19(26)20-15-10-17-16(9-13(15)4)22-24(23-17)14-7-5-12(3)6-8-14/h5-11H,1-4H3,(H2,20,21,25,26). The summed E-state index contributed by atoms with van der Waals surface area (Å²) in [7, 11) is 0. The van der Waals surface area contributed by atoms with Crippen molar-refractivity contribution in [2.75, 3.05) is 5.32 Å². The van der Waals surface area contributed by atoms with Gasteiger partial charge in [0.1, 0.15) is 11.0 Å². The molecule has 2 N–H and O–H groups in total. The number of carbonyl (C=O) groups excluding carboxylic acids is 1. The SMILES string of the molecule is Cc1ccc(-n2nc3cc(C)c(NC(=S)NC(=O)C(C)C)cc3n2)cc1. The van der Waals surface area contributed by atoms with E-state index >= 15 is 0 Å². The van der Waals surface area contributed by atoms with Crippen LogP contribution >= 0.6 is 12.2 Å². The van der Waals surface area contributed by atoms with E-state index in [1.54, 1.807) is 4.80 Å². The molecule has 0 saturated heterocycles. The molecule has 0 aliphatic carbocycles. The van der Waals surface area contributed by atoms with E-state index in [4.69, 9.17) is 12.2 Å². The maximum atomic E-state index is 11.8. The maximum absolute atomic E-state index is 11.8. The minimum absolute atomic E-state index is 0.119. The number of fused-ring (bicyclic) bond motifs is 1. The Morgan fingerprint density at radius 2 is 1.69 bits per heavy atom. The molecule has 0 atom stereocenters. The summed E-state index contributed by atoms with van der Waals surface area (Å²) in [5, 5.41) is 15.1. The number of aromatic nitrogens is 3. The first-order valence-corrected chi connectivity index (χ1v) is 8.81. The molecule has 2 aromatic carbocycles. The van der Waals surface area contributed by atoms with Gasteiger partial charge in [-0.25, -0.2) is 0 Å². The largest absolute Gasteiger partial charge is 0.332 e. The Morgan fingerprint density at radius 3 is 2.31 bits per heavy atom. The highest BCUT2D eigenvalue weighted by Gasteiger charge is 2.12. The third-order valence-electron chi connectivity index (χ3n) is 4.00. The molecule has 0 unspecified atom stereocenters. The van der Waals surface area contributed by atoms with E-state index in [0.29, 0.717) is 0 Å². The molecule has 3 rings (SSSR count). The van der Waals surface area contributed by atoms with Gasteiger partial charge in [0, 0.05) is 11.6 Å². The zero-order valence-electron chi connectivity index (χ0n) is 15.2. The van der Waals surface area contributed by atoms with Crippen LogP contribution in [0.3, 0.4) is 0 Å². The highest BCUT2D eigenvalue weighted by molar-refractivity contribution is 7.80. The van der Waals surface area contributed by atoms with E-state index in [2.05, 4.69) is 20.8 Å². The van der Waals surface area contributed by atoms with Crippen LogP contribution in [0.4, 0.5) is 5.69 Å². The van der Waals surface area contributed by atoms with Crippen molar-refractivity contribution in [1.29, 1.82) is 0 Å². The quantitative estimate of drug-likeness (QED) is 0.693. The van der Waals surface area contributed by atoms with Gasteiger partial charge in [0.05, 0.1) is 5.69 Å². The van der Waals surface area contributed by atoms with Gasteiger partial charge in [0.25, 0.3) is 0 Å². The summed E-state index contributed by atoms with van der Waals surface area (Å²) >= 11 is 5.22. The topological polar surface area (TPSA) is 71.8 Å². The number of rotatable bonds is 3. The highest BCUT2D eigenvalue weighted by Crippen LogP contribution is 2.22. The fourth-order valence-corrected chi connectivity index (χ4v) is 2.62. The summed E-state index contributed by atoms with van der Waals surface area (Å²) in [4.78, 5) is 13.4. The zero-order chi connectivity index (χ0) is 18.8. The molecule has 26 heavy (non-hydrogen) atoms. The molecule has 0 aliphatic heterocycles. The molecule has 0 spiro atoms. The van der Waals surface area contributed by atoms with Crippen molar-refractivity contribution >= 4 is 40.0 Å².